The summed E-state index contributed by atoms with van der Waals surface area (Å²) in [4.78, 5) is 21.9. The Morgan fingerprint density at radius 1 is 1.25 bits per heavy atom. The lowest BCUT2D eigenvalue weighted by Gasteiger charge is -2.27. The first kappa shape index (κ1) is 20.1. The summed E-state index contributed by atoms with van der Waals surface area (Å²) in [5.74, 6) is 0.967. The van der Waals surface area contributed by atoms with Gasteiger partial charge in [0.15, 0.2) is 5.82 Å². The van der Waals surface area contributed by atoms with Gasteiger partial charge >= 0.3 is 0 Å². The van der Waals surface area contributed by atoms with Crippen LogP contribution in [0.4, 0.5) is 5.82 Å². The smallest absolute Gasteiger partial charge is 0.154 e. The van der Waals surface area contributed by atoms with E-state index in [4.69, 9.17) is 20.1 Å². The normalized spacial score (nSPS) is 14.5. The first-order valence-corrected chi connectivity index (χ1v) is 10.1. The second-order valence-corrected chi connectivity index (χ2v) is 7.41. The number of aliphatic hydroxyl groups excluding tert-OH is 1. The minimum Gasteiger partial charge on any atom is -0.400 e. The maximum atomic E-state index is 7.00. The van der Waals surface area contributed by atoms with Crippen LogP contribution in [-0.2, 0) is 0 Å². The third-order valence-corrected chi connectivity index (χ3v) is 5.75. The van der Waals surface area contributed by atoms with Crippen LogP contribution in [0.3, 0.4) is 0 Å². The van der Waals surface area contributed by atoms with E-state index in [1.54, 1.807) is 17.5 Å². The van der Waals surface area contributed by atoms with Gasteiger partial charge in [-0.3, -0.25) is 4.98 Å². The molecule has 0 spiro atoms. The fraction of sp³-hybridized carbons (Fsp3) is 0.333. The molecule has 7 heteroatoms. The Morgan fingerprint density at radius 3 is 2.79 bits per heavy atom. The number of aryl methyl sites for hydroxylation is 1. The number of aromatic nitrogens is 4. The zero-order valence-electron chi connectivity index (χ0n) is 16.7. The molecule has 0 aromatic carbocycles. The van der Waals surface area contributed by atoms with E-state index >= 15 is 0 Å². The molecule has 146 valence electrons. The van der Waals surface area contributed by atoms with Crippen molar-refractivity contribution >= 4 is 22.7 Å². The van der Waals surface area contributed by atoms with Crippen LogP contribution in [0.1, 0.15) is 31.2 Å². The number of fused-ring (bicyclic) bond motifs is 1. The molecule has 0 saturated carbocycles. The van der Waals surface area contributed by atoms with Gasteiger partial charge in [0, 0.05) is 38.7 Å². The maximum absolute atomic E-state index is 7.00. The molecule has 0 saturated heterocycles. The quantitative estimate of drug-likeness (QED) is 0.716. The minimum absolute atomic E-state index is 0.895. The summed E-state index contributed by atoms with van der Waals surface area (Å²) in [5.41, 5.74) is 5.21. The van der Waals surface area contributed by atoms with E-state index < -0.39 is 0 Å². The van der Waals surface area contributed by atoms with Gasteiger partial charge in [0.2, 0.25) is 0 Å². The van der Waals surface area contributed by atoms with E-state index in [9.17, 15) is 0 Å². The molecule has 0 aliphatic carbocycles. The molecule has 3 aromatic rings. The summed E-state index contributed by atoms with van der Waals surface area (Å²) in [6, 6.07) is 3.97. The molecule has 28 heavy (non-hydrogen) atoms. The number of aliphatic hydroxyl groups is 1. The lowest BCUT2D eigenvalue weighted by Crippen LogP contribution is -2.26. The molecule has 4 heterocycles. The second kappa shape index (κ2) is 9.03. The predicted molar refractivity (Wildman–Crippen MR) is 115 cm³/mol. The van der Waals surface area contributed by atoms with E-state index in [1.807, 2.05) is 31.5 Å². The molecule has 0 amide bonds. The average molecular weight is 396 g/mol. The van der Waals surface area contributed by atoms with Crippen molar-refractivity contribution < 1.29 is 5.11 Å². The third-order valence-electron chi connectivity index (χ3n) is 4.52. The van der Waals surface area contributed by atoms with Crippen LogP contribution >= 0.6 is 11.3 Å². The maximum Gasteiger partial charge on any atom is 0.154 e. The van der Waals surface area contributed by atoms with Crippen LogP contribution in [0.15, 0.2) is 36.8 Å². The number of thiazole rings is 1. The van der Waals surface area contributed by atoms with Crippen molar-refractivity contribution in [2.24, 2.45) is 0 Å². The van der Waals surface area contributed by atoms with Crippen LogP contribution < -0.4 is 4.90 Å². The van der Waals surface area contributed by atoms with Gasteiger partial charge in [0.25, 0.3) is 0 Å². The number of anilines is 1. The Morgan fingerprint density at radius 2 is 2.07 bits per heavy atom. The van der Waals surface area contributed by atoms with E-state index in [1.165, 1.54) is 5.57 Å². The van der Waals surface area contributed by atoms with Crippen LogP contribution in [-0.4, -0.2) is 45.7 Å². The van der Waals surface area contributed by atoms with Gasteiger partial charge in [-0.15, -0.1) is 11.3 Å². The lowest BCUT2D eigenvalue weighted by molar-refractivity contribution is 0.399. The summed E-state index contributed by atoms with van der Waals surface area (Å²) in [6.45, 7) is 5.18. The molecular weight excluding hydrogens is 370 g/mol. The zero-order valence-corrected chi connectivity index (χ0v) is 17.5. The molecule has 0 bridgehead atoms. The monoisotopic (exact) mass is 395 g/mol. The molecule has 1 N–H and O–H groups in total. The van der Waals surface area contributed by atoms with Crippen molar-refractivity contribution in [3.8, 4) is 21.1 Å². The molecule has 1 aliphatic rings. The standard InChI is InChI=1S/C20H21N5S.CH4O/c1-4-6-14-8-10-25(3)19-17(14)24-16(12-22-19)18-13(2)23-20(26-18)15-7-5-9-21-11-15;1-2/h5-7,9,11-12H,4,8,10H2,1-3H3;2H,1H3/b14-6-;. The van der Waals surface area contributed by atoms with Crippen molar-refractivity contribution in [1.29, 1.82) is 0 Å². The van der Waals surface area contributed by atoms with E-state index in [0.29, 0.717) is 0 Å². The second-order valence-electron chi connectivity index (χ2n) is 6.41. The molecule has 0 unspecified atom stereocenters. The summed E-state index contributed by atoms with van der Waals surface area (Å²) in [6.07, 6.45) is 9.78. The van der Waals surface area contributed by atoms with E-state index in [-0.39, 0.29) is 0 Å². The van der Waals surface area contributed by atoms with Gasteiger partial charge in [-0.05, 0) is 37.5 Å². The molecule has 6 nitrogen and oxygen atoms in total. The highest BCUT2D eigenvalue weighted by Gasteiger charge is 2.22. The van der Waals surface area contributed by atoms with Crippen molar-refractivity contribution in [2.45, 2.75) is 26.7 Å². The van der Waals surface area contributed by atoms with Gasteiger partial charge in [-0.2, -0.15) is 0 Å². The minimum atomic E-state index is 0.895. The van der Waals surface area contributed by atoms with Crippen LogP contribution in [0, 0.1) is 6.92 Å². The Labute approximate surface area is 169 Å². The third kappa shape index (κ3) is 3.95. The summed E-state index contributed by atoms with van der Waals surface area (Å²) in [5, 5.41) is 7.96. The molecule has 1 aliphatic heterocycles. The highest BCUT2D eigenvalue weighted by Crippen LogP contribution is 2.37. The molecule has 0 atom stereocenters. The summed E-state index contributed by atoms with van der Waals surface area (Å²) >= 11 is 1.65. The number of hydrogen-bond acceptors (Lipinski definition) is 7. The van der Waals surface area contributed by atoms with Crippen molar-refractivity contribution in [2.75, 3.05) is 25.6 Å². The van der Waals surface area contributed by atoms with Crippen molar-refractivity contribution in [1.82, 2.24) is 19.9 Å². The molecule has 0 radical (unpaired) electrons. The van der Waals surface area contributed by atoms with Gasteiger partial charge < -0.3 is 10.0 Å². The van der Waals surface area contributed by atoms with Gasteiger partial charge in [-0.25, -0.2) is 15.0 Å². The van der Waals surface area contributed by atoms with Gasteiger partial charge in [0.1, 0.15) is 16.4 Å². The van der Waals surface area contributed by atoms with Crippen molar-refractivity contribution in [3.05, 3.63) is 48.2 Å². The topological polar surface area (TPSA) is 75.0 Å². The molecule has 3 aromatic heterocycles. The number of allylic oxidation sites excluding steroid dienone is 1. The highest BCUT2D eigenvalue weighted by atomic mass is 32.1. The highest BCUT2D eigenvalue weighted by molar-refractivity contribution is 7.18. The Balaban J connectivity index is 0.00000109. The Hall–Kier alpha value is -2.64. The molecule has 0 fully saturated rings. The first-order valence-electron chi connectivity index (χ1n) is 9.28. The average Bonchev–Trinajstić information content (AvgIpc) is 3.14. The zero-order chi connectivity index (χ0) is 20.1. The number of pyridine rings is 1. The number of nitrogens with zero attached hydrogens (tertiary/aromatic N) is 5. The molecule has 4 rings (SSSR count). The number of hydrogen-bond donors (Lipinski definition) is 1. The fourth-order valence-corrected chi connectivity index (χ4v) is 4.20. The Kier molecular flexibility index (Phi) is 6.49. The van der Waals surface area contributed by atoms with E-state index in [0.717, 1.165) is 64.8 Å². The Bertz CT molecular complexity index is 968. The van der Waals surface area contributed by atoms with Gasteiger partial charge in [-0.1, -0.05) is 13.0 Å². The SMILES string of the molecule is CC/C=C1/CCN(C)c2ncc(-c3sc(-c4cccnc4)nc3C)nc21.CO. The summed E-state index contributed by atoms with van der Waals surface area (Å²) in [7, 11) is 3.08. The van der Waals surface area contributed by atoms with Crippen molar-refractivity contribution in [3.63, 3.8) is 0 Å². The van der Waals surface area contributed by atoms with Crippen LogP contribution in [0.2, 0.25) is 0 Å². The summed E-state index contributed by atoms with van der Waals surface area (Å²) < 4.78 is 0. The predicted octanol–water partition coefficient (Wildman–Crippen LogP) is 4.21. The lowest BCUT2D eigenvalue weighted by atomic mass is 10.0. The molecular formula is C21H25N5OS. The van der Waals surface area contributed by atoms with Crippen LogP contribution in [0.25, 0.3) is 26.7 Å². The van der Waals surface area contributed by atoms with Crippen LogP contribution in [0.5, 0.6) is 0 Å². The fourth-order valence-electron chi connectivity index (χ4n) is 3.19. The number of rotatable bonds is 3. The van der Waals surface area contributed by atoms with Gasteiger partial charge in [0.05, 0.1) is 16.8 Å². The first-order chi connectivity index (χ1) is 13.7. The van der Waals surface area contributed by atoms with E-state index in [2.05, 4.69) is 29.9 Å². The largest absolute Gasteiger partial charge is 0.400 e.